The van der Waals surface area contributed by atoms with E-state index < -0.39 is 5.67 Å². The summed E-state index contributed by atoms with van der Waals surface area (Å²) in [6.07, 6.45) is 4.82. The Kier molecular flexibility index (Phi) is 7.71. The number of carbonyl (C=O) groups excluding carboxylic acids is 1. The van der Waals surface area contributed by atoms with E-state index in [1.165, 1.54) is 20.0 Å². The van der Waals surface area contributed by atoms with Crippen LogP contribution >= 0.6 is 0 Å². The molecule has 0 atom stereocenters. The molecular weight excluding hydrogens is 381 g/mol. The lowest BCUT2D eigenvalue weighted by Gasteiger charge is -2.33. The Hall–Kier alpha value is -2.76. The van der Waals surface area contributed by atoms with Gasteiger partial charge in [0.05, 0.1) is 17.6 Å². The van der Waals surface area contributed by atoms with Crippen molar-refractivity contribution in [2.75, 3.05) is 13.1 Å². The number of hydrogen-bond acceptors (Lipinski definition) is 4. The average molecular weight is 414 g/mol. The topological polar surface area (TPSA) is 54.8 Å². The Balaban J connectivity index is 2.14. The smallest absolute Gasteiger partial charge is 0.248 e. The highest BCUT2D eigenvalue weighted by Crippen LogP contribution is 2.27. The van der Waals surface area contributed by atoms with Crippen molar-refractivity contribution in [1.82, 2.24) is 9.88 Å². The van der Waals surface area contributed by atoms with Crippen LogP contribution in [0.2, 0.25) is 0 Å². The van der Waals surface area contributed by atoms with Gasteiger partial charge in [-0.2, -0.15) is 0 Å². The van der Waals surface area contributed by atoms with Crippen LogP contribution in [0.5, 0.6) is 5.75 Å². The van der Waals surface area contributed by atoms with Gasteiger partial charge in [-0.05, 0) is 59.6 Å². The molecule has 0 aromatic carbocycles. The minimum absolute atomic E-state index is 0.00624. The standard InChI is InChI=1S/C24H32FN3O2/c1-16(2)14-27-22(19-10-12-28(13-11-19)23(29)17(3)4)18(5)30-20-8-9-21(26-15-20)24(6,7)25/h8-9,14-15,19H,3,5,10-13H2,1-2,4,6-7H3. The zero-order valence-corrected chi connectivity index (χ0v) is 18.7. The maximum absolute atomic E-state index is 14.0. The molecule has 0 spiro atoms. The lowest BCUT2D eigenvalue weighted by molar-refractivity contribution is -0.128. The lowest BCUT2D eigenvalue weighted by Crippen LogP contribution is -2.41. The van der Waals surface area contributed by atoms with Crippen LogP contribution in [-0.4, -0.2) is 34.6 Å². The molecule has 0 N–H and O–H groups in total. The van der Waals surface area contributed by atoms with Crippen molar-refractivity contribution in [3.05, 3.63) is 60.3 Å². The Bertz CT molecular complexity index is 851. The van der Waals surface area contributed by atoms with E-state index in [1.807, 2.05) is 18.7 Å². The maximum atomic E-state index is 14.0. The third-order valence-corrected chi connectivity index (χ3v) is 4.87. The van der Waals surface area contributed by atoms with Crippen LogP contribution in [0, 0.1) is 5.92 Å². The highest BCUT2D eigenvalue weighted by Gasteiger charge is 2.28. The van der Waals surface area contributed by atoms with E-state index in [9.17, 15) is 9.18 Å². The molecule has 0 saturated carbocycles. The van der Waals surface area contributed by atoms with Gasteiger partial charge in [0, 0.05) is 30.8 Å². The number of alkyl halides is 1. The Labute approximate surface area is 179 Å². The third kappa shape index (κ3) is 6.37. The summed E-state index contributed by atoms with van der Waals surface area (Å²) in [5.41, 5.74) is 1.20. The monoisotopic (exact) mass is 413 g/mol. The number of piperidine rings is 1. The Morgan fingerprint density at radius 1 is 1.27 bits per heavy atom. The van der Waals surface area contributed by atoms with Crippen LogP contribution in [0.1, 0.15) is 53.2 Å². The number of pyridine rings is 1. The predicted molar refractivity (Wildman–Crippen MR) is 119 cm³/mol. The average Bonchev–Trinajstić information content (AvgIpc) is 2.67. The molecular formula is C24H32FN3O2. The number of allylic oxidation sites excluding steroid dienone is 2. The van der Waals surface area contributed by atoms with Crippen molar-refractivity contribution in [3.63, 3.8) is 0 Å². The number of nitrogens with zero attached hydrogens (tertiary/aromatic N) is 3. The molecule has 0 radical (unpaired) electrons. The van der Waals surface area contributed by atoms with Gasteiger partial charge in [-0.3, -0.25) is 14.8 Å². The van der Waals surface area contributed by atoms with Crippen molar-refractivity contribution in [2.45, 2.75) is 53.1 Å². The van der Waals surface area contributed by atoms with E-state index in [0.717, 1.165) is 24.1 Å². The second-order valence-corrected chi connectivity index (χ2v) is 8.44. The number of likely N-dealkylation sites (tertiary alicyclic amines) is 1. The molecule has 0 aliphatic carbocycles. The van der Waals surface area contributed by atoms with Crippen molar-refractivity contribution >= 4 is 11.6 Å². The molecule has 2 heterocycles. The number of halogens is 1. The number of carbonyl (C=O) groups is 1. The van der Waals surface area contributed by atoms with Crippen LogP contribution in [0.15, 0.2) is 59.6 Å². The molecule has 1 aromatic rings. The highest BCUT2D eigenvalue weighted by atomic mass is 19.1. The lowest BCUT2D eigenvalue weighted by atomic mass is 9.90. The third-order valence-electron chi connectivity index (χ3n) is 4.87. The molecule has 1 amide bonds. The van der Waals surface area contributed by atoms with Crippen molar-refractivity contribution in [2.24, 2.45) is 10.9 Å². The van der Waals surface area contributed by atoms with E-state index in [-0.39, 0.29) is 11.8 Å². The van der Waals surface area contributed by atoms with E-state index in [1.54, 1.807) is 25.3 Å². The number of amides is 1. The van der Waals surface area contributed by atoms with E-state index in [4.69, 9.17) is 4.74 Å². The van der Waals surface area contributed by atoms with Crippen LogP contribution in [0.3, 0.4) is 0 Å². The highest BCUT2D eigenvalue weighted by molar-refractivity contribution is 6.00. The molecule has 5 nitrogen and oxygen atoms in total. The van der Waals surface area contributed by atoms with Gasteiger partial charge in [-0.25, -0.2) is 4.39 Å². The normalized spacial score (nSPS) is 15.5. The molecule has 30 heavy (non-hydrogen) atoms. The van der Waals surface area contributed by atoms with Gasteiger partial charge in [0.25, 0.3) is 0 Å². The van der Waals surface area contributed by atoms with Crippen molar-refractivity contribution in [3.8, 4) is 5.75 Å². The first-order chi connectivity index (χ1) is 14.0. The minimum Gasteiger partial charge on any atom is -0.454 e. The zero-order chi connectivity index (χ0) is 22.5. The maximum Gasteiger partial charge on any atom is 0.248 e. The molecule has 1 saturated heterocycles. The van der Waals surface area contributed by atoms with Gasteiger partial charge in [0.2, 0.25) is 5.91 Å². The Morgan fingerprint density at radius 2 is 1.90 bits per heavy atom. The second-order valence-electron chi connectivity index (χ2n) is 8.44. The predicted octanol–water partition coefficient (Wildman–Crippen LogP) is 5.36. The minimum atomic E-state index is -1.51. The summed E-state index contributed by atoms with van der Waals surface area (Å²) < 4.78 is 19.9. The fourth-order valence-electron chi connectivity index (χ4n) is 3.22. The van der Waals surface area contributed by atoms with Gasteiger partial charge >= 0.3 is 0 Å². The van der Waals surface area contributed by atoms with E-state index >= 15 is 0 Å². The fraction of sp³-hybridized carbons (Fsp3) is 0.458. The molecule has 0 unspecified atom stereocenters. The molecule has 1 fully saturated rings. The summed E-state index contributed by atoms with van der Waals surface area (Å²) in [5.74, 6) is 1.03. The first-order valence-corrected chi connectivity index (χ1v) is 10.2. The molecule has 0 bridgehead atoms. The first kappa shape index (κ1) is 23.5. The Morgan fingerprint density at radius 3 is 2.37 bits per heavy atom. The summed E-state index contributed by atoms with van der Waals surface area (Å²) in [7, 11) is 0. The number of rotatable bonds is 7. The summed E-state index contributed by atoms with van der Waals surface area (Å²) in [4.78, 5) is 22.8. The second kappa shape index (κ2) is 9.83. The molecule has 2 rings (SSSR count). The fourth-order valence-corrected chi connectivity index (χ4v) is 3.22. The van der Waals surface area contributed by atoms with Gasteiger partial charge in [0.1, 0.15) is 17.2 Å². The summed E-state index contributed by atoms with van der Waals surface area (Å²) in [6.45, 7) is 17.7. The van der Waals surface area contributed by atoms with Crippen LogP contribution in [-0.2, 0) is 10.5 Å². The summed E-state index contributed by atoms with van der Waals surface area (Å²) in [6, 6.07) is 3.29. The largest absolute Gasteiger partial charge is 0.454 e. The summed E-state index contributed by atoms with van der Waals surface area (Å²) in [5, 5.41) is 0. The number of aromatic nitrogens is 1. The van der Waals surface area contributed by atoms with Crippen molar-refractivity contribution < 1.29 is 13.9 Å². The van der Waals surface area contributed by atoms with Crippen LogP contribution in [0.4, 0.5) is 4.39 Å². The van der Waals surface area contributed by atoms with E-state index in [0.29, 0.717) is 35.9 Å². The van der Waals surface area contributed by atoms with E-state index in [2.05, 4.69) is 23.1 Å². The van der Waals surface area contributed by atoms with Gasteiger partial charge in [0.15, 0.2) is 0 Å². The number of aliphatic imine (C=N–C) groups is 1. The zero-order valence-electron chi connectivity index (χ0n) is 18.7. The first-order valence-electron chi connectivity index (χ1n) is 10.2. The SMILES string of the molecule is C=C(C)C(=O)N1CCC(C(=NC=C(C)C)C(=C)Oc2ccc(C(C)(C)F)nc2)CC1. The molecule has 1 aromatic heterocycles. The molecule has 1 aliphatic rings. The number of hydrogen-bond donors (Lipinski definition) is 0. The van der Waals surface area contributed by atoms with Gasteiger partial charge < -0.3 is 9.64 Å². The molecule has 6 heteroatoms. The molecule has 1 aliphatic heterocycles. The van der Waals surface area contributed by atoms with Crippen LogP contribution in [0.25, 0.3) is 0 Å². The quantitative estimate of drug-likeness (QED) is 0.344. The summed E-state index contributed by atoms with van der Waals surface area (Å²) >= 11 is 0. The van der Waals surface area contributed by atoms with Gasteiger partial charge in [-0.1, -0.05) is 18.7 Å². The van der Waals surface area contributed by atoms with Crippen LogP contribution < -0.4 is 4.74 Å². The van der Waals surface area contributed by atoms with Gasteiger partial charge in [-0.15, -0.1) is 0 Å². The van der Waals surface area contributed by atoms with Crippen molar-refractivity contribution in [1.29, 1.82) is 0 Å². The molecule has 162 valence electrons. The number of ether oxygens (including phenoxy) is 1.